The molecule has 0 radical (unpaired) electrons. The van der Waals surface area contributed by atoms with Gasteiger partial charge in [0.1, 0.15) is 0 Å². The number of hydrogen-bond acceptors (Lipinski definition) is 3. The Kier molecular flexibility index (Phi) is 5.77. The molecular weight excluding hydrogens is 204 g/mol. The predicted molar refractivity (Wildman–Crippen MR) is 64.4 cm³/mol. The Bertz CT molecular complexity index is 219. The highest BCUT2D eigenvalue weighted by molar-refractivity contribution is 5.82. The molecule has 1 saturated heterocycles. The smallest absolute Gasteiger partial charge is 0.240 e. The number of methoxy groups -OCH3 is 1. The molecule has 0 aromatic rings. The van der Waals surface area contributed by atoms with E-state index in [0.717, 1.165) is 32.4 Å². The Hall–Kier alpha value is -0.610. The third-order valence-corrected chi connectivity index (χ3v) is 3.19. The van der Waals surface area contributed by atoms with E-state index < -0.39 is 0 Å². The van der Waals surface area contributed by atoms with Crippen molar-refractivity contribution in [2.75, 3.05) is 26.8 Å². The normalized spacial score (nSPS) is 23.6. The van der Waals surface area contributed by atoms with Gasteiger partial charge in [0, 0.05) is 13.7 Å². The molecule has 4 nitrogen and oxygen atoms in total. The van der Waals surface area contributed by atoms with Crippen LogP contribution in [0.4, 0.5) is 0 Å². The van der Waals surface area contributed by atoms with Crippen LogP contribution in [0.5, 0.6) is 0 Å². The third-order valence-electron chi connectivity index (χ3n) is 3.19. The summed E-state index contributed by atoms with van der Waals surface area (Å²) < 4.78 is 5.18. The van der Waals surface area contributed by atoms with Gasteiger partial charge in [-0.2, -0.15) is 0 Å². The molecule has 2 unspecified atom stereocenters. The average molecular weight is 228 g/mol. The standard InChI is InChI=1S/C12H24N2O2/c1-4-10(9-16-3)14-8-6-7-11(12(14)15)13-5-2/h10-11,13H,4-9H2,1-3H3. The van der Waals surface area contributed by atoms with Crippen molar-refractivity contribution in [2.45, 2.75) is 45.2 Å². The van der Waals surface area contributed by atoms with E-state index in [0.29, 0.717) is 6.61 Å². The highest BCUT2D eigenvalue weighted by Crippen LogP contribution is 2.16. The molecule has 0 spiro atoms. The molecule has 1 fully saturated rings. The molecule has 0 bridgehead atoms. The highest BCUT2D eigenvalue weighted by Gasteiger charge is 2.31. The largest absolute Gasteiger partial charge is 0.383 e. The quantitative estimate of drug-likeness (QED) is 0.738. The first-order valence-electron chi connectivity index (χ1n) is 6.27. The van der Waals surface area contributed by atoms with Gasteiger partial charge in [-0.1, -0.05) is 13.8 Å². The zero-order valence-corrected chi connectivity index (χ0v) is 10.7. The SMILES string of the molecule is CCNC1CCCN(C(CC)COC)C1=O. The highest BCUT2D eigenvalue weighted by atomic mass is 16.5. The molecule has 0 aromatic carbocycles. The van der Waals surface area contributed by atoms with E-state index in [2.05, 4.69) is 12.2 Å². The maximum absolute atomic E-state index is 12.2. The summed E-state index contributed by atoms with van der Waals surface area (Å²) in [5.74, 6) is 0.247. The van der Waals surface area contributed by atoms with Gasteiger partial charge >= 0.3 is 0 Å². The van der Waals surface area contributed by atoms with Gasteiger partial charge in [-0.05, 0) is 25.8 Å². The van der Waals surface area contributed by atoms with Crippen LogP contribution in [0.3, 0.4) is 0 Å². The van der Waals surface area contributed by atoms with E-state index >= 15 is 0 Å². The Morgan fingerprint density at radius 2 is 2.31 bits per heavy atom. The molecule has 0 aromatic heterocycles. The topological polar surface area (TPSA) is 41.6 Å². The van der Waals surface area contributed by atoms with E-state index in [4.69, 9.17) is 4.74 Å². The van der Waals surface area contributed by atoms with Crippen molar-refractivity contribution >= 4 is 5.91 Å². The lowest BCUT2D eigenvalue weighted by molar-refractivity contribution is -0.139. The van der Waals surface area contributed by atoms with Crippen molar-refractivity contribution in [3.05, 3.63) is 0 Å². The molecule has 16 heavy (non-hydrogen) atoms. The van der Waals surface area contributed by atoms with E-state index in [1.807, 2.05) is 11.8 Å². The monoisotopic (exact) mass is 228 g/mol. The second-order valence-electron chi connectivity index (χ2n) is 4.30. The maximum atomic E-state index is 12.2. The van der Waals surface area contributed by atoms with E-state index in [1.54, 1.807) is 7.11 Å². The van der Waals surface area contributed by atoms with Crippen LogP contribution in [0.1, 0.15) is 33.1 Å². The minimum absolute atomic E-state index is 0.0182. The van der Waals surface area contributed by atoms with Gasteiger partial charge in [0.25, 0.3) is 0 Å². The van der Waals surface area contributed by atoms with Crippen molar-refractivity contribution in [3.8, 4) is 0 Å². The van der Waals surface area contributed by atoms with Gasteiger partial charge in [-0.25, -0.2) is 0 Å². The molecule has 1 N–H and O–H groups in total. The average Bonchev–Trinajstić information content (AvgIpc) is 2.30. The maximum Gasteiger partial charge on any atom is 0.240 e. The third kappa shape index (κ3) is 3.19. The van der Waals surface area contributed by atoms with Gasteiger partial charge < -0.3 is 15.0 Å². The molecule has 1 heterocycles. The van der Waals surface area contributed by atoms with E-state index in [9.17, 15) is 4.79 Å². The molecule has 2 atom stereocenters. The van der Waals surface area contributed by atoms with Gasteiger partial charge in [0.15, 0.2) is 0 Å². The number of piperidine rings is 1. The van der Waals surface area contributed by atoms with Crippen LogP contribution < -0.4 is 5.32 Å². The Labute approximate surface area is 98.3 Å². The lowest BCUT2D eigenvalue weighted by Gasteiger charge is -2.37. The minimum atomic E-state index is 0.0182. The first-order valence-corrected chi connectivity index (χ1v) is 6.27. The zero-order chi connectivity index (χ0) is 12.0. The first kappa shape index (κ1) is 13.5. The second kappa shape index (κ2) is 6.86. The number of carbonyl (C=O) groups excluding carboxylic acids is 1. The van der Waals surface area contributed by atoms with Crippen LogP contribution in [0.2, 0.25) is 0 Å². The number of likely N-dealkylation sites (N-methyl/N-ethyl adjacent to an activating group) is 1. The van der Waals surface area contributed by atoms with Crippen molar-refractivity contribution in [3.63, 3.8) is 0 Å². The lowest BCUT2D eigenvalue weighted by Crippen LogP contribution is -2.55. The van der Waals surface area contributed by atoms with E-state index in [-0.39, 0.29) is 18.0 Å². The van der Waals surface area contributed by atoms with Crippen LogP contribution in [0.15, 0.2) is 0 Å². The summed E-state index contributed by atoms with van der Waals surface area (Å²) in [5.41, 5.74) is 0. The van der Waals surface area contributed by atoms with Gasteiger partial charge in [0.05, 0.1) is 18.7 Å². The summed E-state index contributed by atoms with van der Waals surface area (Å²) in [6, 6.07) is 0.253. The summed E-state index contributed by atoms with van der Waals surface area (Å²) in [5, 5.41) is 3.25. The number of amides is 1. The zero-order valence-electron chi connectivity index (χ0n) is 10.7. The first-order chi connectivity index (χ1) is 7.74. The molecule has 1 aliphatic rings. The van der Waals surface area contributed by atoms with Crippen LogP contribution in [0.25, 0.3) is 0 Å². The number of carbonyl (C=O) groups is 1. The number of nitrogens with one attached hydrogen (secondary N) is 1. The van der Waals surface area contributed by atoms with Gasteiger partial charge in [-0.15, -0.1) is 0 Å². The number of hydrogen-bond donors (Lipinski definition) is 1. The summed E-state index contributed by atoms with van der Waals surface area (Å²) in [6.45, 7) is 6.52. The van der Waals surface area contributed by atoms with Crippen LogP contribution >= 0.6 is 0 Å². The molecule has 4 heteroatoms. The molecular formula is C12H24N2O2. The molecule has 1 amide bonds. The molecule has 0 saturated carbocycles. The van der Waals surface area contributed by atoms with Crippen molar-refractivity contribution in [1.29, 1.82) is 0 Å². The molecule has 1 aliphatic heterocycles. The fraction of sp³-hybridized carbons (Fsp3) is 0.917. The number of ether oxygens (including phenoxy) is 1. The van der Waals surface area contributed by atoms with Crippen molar-refractivity contribution in [1.82, 2.24) is 10.2 Å². The predicted octanol–water partition coefficient (Wildman–Crippen LogP) is 1.01. The summed E-state index contributed by atoms with van der Waals surface area (Å²) in [6.07, 6.45) is 3.01. The van der Waals surface area contributed by atoms with Crippen LogP contribution in [-0.4, -0.2) is 49.7 Å². The summed E-state index contributed by atoms with van der Waals surface area (Å²) >= 11 is 0. The molecule has 0 aliphatic carbocycles. The Morgan fingerprint density at radius 3 is 2.88 bits per heavy atom. The number of rotatable bonds is 6. The fourth-order valence-corrected chi connectivity index (χ4v) is 2.32. The second-order valence-corrected chi connectivity index (χ2v) is 4.30. The minimum Gasteiger partial charge on any atom is -0.383 e. The van der Waals surface area contributed by atoms with Gasteiger partial charge in [0.2, 0.25) is 5.91 Å². The van der Waals surface area contributed by atoms with Crippen molar-refractivity contribution < 1.29 is 9.53 Å². The fourth-order valence-electron chi connectivity index (χ4n) is 2.32. The lowest BCUT2D eigenvalue weighted by atomic mass is 10.0. The Balaban J connectivity index is 2.60. The number of likely N-dealkylation sites (tertiary alicyclic amines) is 1. The molecule has 1 rings (SSSR count). The summed E-state index contributed by atoms with van der Waals surface area (Å²) in [4.78, 5) is 14.2. The Morgan fingerprint density at radius 1 is 1.56 bits per heavy atom. The summed E-state index contributed by atoms with van der Waals surface area (Å²) in [7, 11) is 1.69. The van der Waals surface area contributed by atoms with Crippen LogP contribution in [-0.2, 0) is 9.53 Å². The van der Waals surface area contributed by atoms with E-state index in [1.165, 1.54) is 0 Å². The number of nitrogens with zero attached hydrogens (tertiary/aromatic N) is 1. The van der Waals surface area contributed by atoms with Crippen molar-refractivity contribution in [2.24, 2.45) is 0 Å². The molecule has 94 valence electrons. The van der Waals surface area contributed by atoms with Crippen LogP contribution in [0, 0.1) is 0 Å². The van der Waals surface area contributed by atoms with Gasteiger partial charge in [-0.3, -0.25) is 4.79 Å².